The predicted molar refractivity (Wildman–Crippen MR) is 84.7 cm³/mol. The zero-order valence-electron chi connectivity index (χ0n) is 12.0. The highest BCUT2D eigenvalue weighted by molar-refractivity contribution is 5.88. The number of nitrogens with zero attached hydrogens (tertiary/aromatic N) is 1. The second kappa shape index (κ2) is 5.48. The van der Waals surface area contributed by atoms with Crippen LogP contribution in [0.2, 0.25) is 0 Å². The van der Waals surface area contributed by atoms with Gasteiger partial charge in [-0.25, -0.2) is 4.79 Å². The first-order valence-electron chi connectivity index (χ1n) is 7.08. The maximum Gasteiger partial charge on any atom is 0.335 e. The molecule has 0 saturated carbocycles. The van der Waals surface area contributed by atoms with E-state index in [1.54, 1.807) is 24.3 Å². The number of carbonyl (C=O) groups is 1. The third kappa shape index (κ3) is 2.84. The molecule has 4 heteroatoms. The standard InChI is InChI=1S/C17H18N2O2/c1-19-10-2-3-13-11-15(8-9-16(13)19)18-14-6-4-12(5-7-14)17(20)21/h4-9,11,18H,2-3,10H2,1H3,(H,20,21). The molecule has 0 aliphatic carbocycles. The number of hydrogen-bond acceptors (Lipinski definition) is 3. The summed E-state index contributed by atoms with van der Waals surface area (Å²) in [4.78, 5) is 13.1. The number of nitrogens with one attached hydrogen (secondary N) is 1. The predicted octanol–water partition coefficient (Wildman–Crippen LogP) is 3.51. The van der Waals surface area contributed by atoms with Gasteiger partial charge in [-0.2, -0.15) is 0 Å². The van der Waals surface area contributed by atoms with Gasteiger partial charge in [-0.15, -0.1) is 0 Å². The van der Waals surface area contributed by atoms with E-state index in [4.69, 9.17) is 5.11 Å². The summed E-state index contributed by atoms with van der Waals surface area (Å²) >= 11 is 0. The van der Waals surface area contributed by atoms with Crippen LogP contribution in [-0.4, -0.2) is 24.7 Å². The van der Waals surface area contributed by atoms with Crippen molar-refractivity contribution in [3.8, 4) is 0 Å². The van der Waals surface area contributed by atoms with E-state index in [0.717, 1.165) is 24.3 Å². The highest BCUT2D eigenvalue weighted by Gasteiger charge is 2.13. The van der Waals surface area contributed by atoms with Crippen LogP contribution in [0.5, 0.6) is 0 Å². The minimum Gasteiger partial charge on any atom is -0.478 e. The Bertz CT molecular complexity index is 665. The number of hydrogen-bond donors (Lipinski definition) is 2. The highest BCUT2D eigenvalue weighted by Crippen LogP contribution is 2.29. The average Bonchev–Trinajstić information content (AvgIpc) is 2.48. The second-order valence-electron chi connectivity index (χ2n) is 5.38. The summed E-state index contributed by atoms with van der Waals surface area (Å²) in [5.41, 5.74) is 4.88. The number of aryl methyl sites for hydroxylation is 1. The van der Waals surface area contributed by atoms with Crippen LogP contribution in [0, 0.1) is 0 Å². The van der Waals surface area contributed by atoms with Crippen LogP contribution in [0.3, 0.4) is 0 Å². The third-order valence-corrected chi connectivity index (χ3v) is 3.85. The lowest BCUT2D eigenvalue weighted by molar-refractivity contribution is 0.0697. The quantitative estimate of drug-likeness (QED) is 0.904. The fraction of sp³-hybridized carbons (Fsp3) is 0.235. The molecule has 0 unspecified atom stereocenters. The van der Waals surface area contributed by atoms with E-state index in [9.17, 15) is 4.79 Å². The maximum atomic E-state index is 10.8. The topological polar surface area (TPSA) is 52.6 Å². The number of benzene rings is 2. The summed E-state index contributed by atoms with van der Waals surface area (Å²) in [6.07, 6.45) is 2.29. The molecule has 0 radical (unpaired) electrons. The van der Waals surface area contributed by atoms with Gasteiger partial charge >= 0.3 is 5.97 Å². The van der Waals surface area contributed by atoms with Crippen molar-refractivity contribution in [3.63, 3.8) is 0 Å². The summed E-state index contributed by atoms with van der Waals surface area (Å²) in [7, 11) is 2.12. The fourth-order valence-electron chi connectivity index (χ4n) is 2.73. The Morgan fingerprint density at radius 3 is 2.57 bits per heavy atom. The molecule has 0 fully saturated rings. The molecule has 0 aromatic heterocycles. The Morgan fingerprint density at radius 1 is 1.14 bits per heavy atom. The van der Waals surface area contributed by atoms with E-state index in [0.29, 0.717) is 5.56 Å². The molecule has 2 N–H and O–H groups in total. The molecule has 0 atom stereocenters. The molecule has 1 aliphatic heterocycles. The molecular formula is C17H18N2O2. The number of fused-ring (bicyclic) bond motifs is 1. The lowest BCUT2D eigenvalue weighted by Crippen LogP contribution is -2.24. The van der Waals surface area contributed by atoms with E-state index in [1.165, 1.54) is 17.7 Å². The Balaban J connectivity index is 1.80. The van der Waals surface area contributed by atoms with Crippen LogP contribution < -0.4 is 10.2 Å². The highest BCUT2D eigenvalue weighted by atomic mass is 16.4. The van der Waals surface area contributed by atoms with Crippen molar-refractivity contribution in [2.75, 3.05) is 23.8 Å². The summed E-state index contributed by atoms with van der Waals surface area (Å²) in [5.74, 6) is -0.904. The van der Waals surface area contributed by atoms with Gasteiger partial charge in [0.05, 0.1) is 5.56 Å². The minimum atomic E-state index is -0.904. The van der Waals surface area contributed by atoms with E-state index in [2.05, 4.69) is 35.5 Å². The van der Waals surface area contributed by atoms with Gasteiger partial charge in [0.15, 0.2) is 0 Å². The molecule has 2 aromatic rings. The molecule has 3 rings (SSSR count). The normalized spacial score (nSPS) is 13.7. The number of anilines is 3. The average molecular weight is 282 g/mol. The van der Waals surface area contributed by atoms with Gasteiger partial charge in [-0.1, -0.05) is 0 Å². The van der Waals surface area contributed by atoms with Crippen molar-refractivity contribution < 1.29 is 9.90 Å². The fourth-order valence-corrected chi connectivity index (χ4v) is 2.73. The molecule has 1 heterocycles. The molecule has 21 heavy (non-hydrogen) atoms. The number of carboxylic acids is 1. The summed E-state index contributed by atoms with van der Waals surface area (Å²) in [6.45, 7) is 1.11. The minimum absolute atomic E-state index is 0.299. The molecule has 0 saturated heterocycles. The smallest absolute Gasteiger partial charge is 0.335 e. The van der Waals surface area contributed by atoms with Gasteiger partial charge in [0.1, 0.15) is 0 Å². The molecule has 0 bridgehead atoms. The molecule has 108 valence electrons. The van der Waals surface area contributed by atoms with Crippen molar-refractivity contribution >= 4 is 23.0 Å². The molecule has 1 aliphatic rings. The van der Waals surface area contributed by atoms with Gasteiger partial charge < -0.3 is 15.3 Å². The Labute approximate surface area is 124 Å². The molecular weight excluding hydrogens is 264 g/mol. The lowest BCUT2D eigenvalue weighted by atomic mass is 10.0. The third-order valence-electron chi connectivity index (χ3n) is 3.85. The SMILES string of the molecule is CN1CCCc2cc(Nc3ccc(C(=O)O)cc3)ccc21. The molecule has 2 aromatic carbocycles. The van der Waals surface area contributed by atoms with Gasteiger partial charge in [0, 0.05) is 30.7 Å². The van der Waals surface area contributed by atoms with E-state index in [1.807, 2.05) is 0 Å². The maximum absolute atomic E-state index is 10.8. The Hall–Kier alpha value is -2.49. The van der Waals surface area contributed by atoms with Crippen LogP contribution in [0.25, 0.3) is 0 Å². The summed E-state index contributed by atoms with van der Waals surface area (Å²) in [6, 6.07) is 13.2. The largest absolute Gasteiger partial charge is 0.478 e. The monoisotopic (exact) mass is 282 g/mol. The van der Waals surface area contributed by atoms with Gasteiger partial charge in [0.2, 0.25) is 0 Å². The van der Waals surface area contributed by atoms with Crippen molar-refractivity contribution in [2.45, 2.75) is 12.8 Å². The van der Waals surface area contributed by atoms with Crippen LogP contribution in [0.15, 0.2) is 42.5 Å². The van der Waals surface area contributed by atoms with Crippen molar-refractivity contribution in [2.24, 2.45) is 0 Å². The van der Waals surface area contributed by atoms with Crippen LogP contribution >= 0.6 is 0 Å². The number of carboxylic acid groups (broad SMARTS) is 1. The van der Waals surface area contributed by atoms with Crippen LogP contribution in [0.4, 0.5) is 17.1 Å². The number of aromatic carboxylic acids is 1. The first-order valence-corrected chi connectivity index (χ1v) is 7.08. The van der Waals surface area contributed by atoms with Crippen molar-refractivity contribution in [1.82, 2.24) is 0 Å². The number of rotatable bonds is 3. The van der Waals surface area contributed by atoms with Gasteiger partial charge in [0.25, 0.3) is 0 Å². The molecule has 0 amide bonds. The molecule has 4 nitrogen and oxygen atoms in total. The first-order chi connectivity index (χ1) is 10.1. The van der Waals surface area contributed by atoms with Crippen LogP contribution in [0.1, 0.15) is 22.3 Å². The van der Waals surface area contributed by atoms with Crippen molar-refractivity contribution in [1.29, 1.82) is 0 Å². The zero-order chi connectivity index (χ0) is 14.8. The van der Waals surface area contributed by atoms with E-state index >= 15 is 0 Å². The lowest BCUT2D eigenvalue weighted by Gasteiger charge is -2.28. The molecule has 0 spiro atoms. The van der Waals surface area contributed by atoms with E-state index in [-0.39, 0.29) is 0 Å². The Morgan fingerprint density at radius 2 is 1.86 bits per heavy atom. The van der Waals surface area contributed by atoms with E-state index < -0.39 is 5.97 Å². The summed E-state index contributed by atoms with van der Waals surface area (Å²) in [5, 5.41) is 12.2. The zero-order valence-corrected chi connectivity index (χ0v) is 12.0. The van der Waals surface area contributed by atoms with Gasteiger partial charge in [-0.3, -0.25) is 0 Å². The Kier molecular flexibility index (Phi) is 3.52. The first kappa shape index (κ1) is 13.5. The van der Waals surface area contributed by atoms with Crippen molar-refractivity contribution in [3.05, 3.63) is 53.6 Å². The summed E-state index contributed by atoms with van der Waals surface area (Å²) < 4.78 is 0. The van der Waals surface area contributed by atoms with Gasteiger partial charge in [-0.05, 0) is 60.9 Å². The van der Waals surface area contributed by atoms with Crippen LogP contribution in [-0.2, 0) is 6.42 Å². The second-order valence-corrected chi connectivity index (χ2v) is 5.38.